The van der Waals surface area contributed by atoms with Crippen molar-refractivity contribution in [1.82, 2.24) is 10.4 Å². The van der Waals surface area contributed by atoms with E-state index in [1.807, 2.05) is 55.5 Å². The Morgan fingerprint density at radius 3 is 2.41 bits per heavy atom. The van der Waals surface area contributed by atoms with Crippen molar-refractivity contribution in [2.75, 3.05) is 11.0 Å². The molecule has 8 heteroatoms. The number of fused-ring (bicyclic) bond motifs is 1. The van der Waals surface area contributed by atoms with Gasteiger partial charge in [-0.15, -0.1) is 0 Å². The first kappa shape index (κ1) is 23.1. The highest BCUT2D eigenvalue weighted by Crippen LogP contribution is 2.25. The zero-order valence-corrected chi connectivity index (χ0v) is 19.8. The van der Waals surface area contributed by atoms with E-state index in [0.29, 0.717) is 33.7 Å². The number of para-hydroxylation sites is 1. The van der Waals surface area contributed by atoms with Crippen molar-refractivity contribution in [1.29, 1.82) is 0 Å². The predicted molar refractivity (Wildman–Crippen MR) is 137 cm³/mol. The summed E-state index contributed by atoms with van der Waals surface area (Å²) in [6.07, 6.45) is 1.09. The lowest BCUT2D eigenvalue weighted by Gasteiger charge is -2.10. The Kier molecular flexibility index (Phi) is 6.43. The van der Waals surface area contributed by atoms with Gasteiger partial charge in [-0.2, -0.15) is 5.10 Å². The number of hydrogen-bond acceptors (Lipinski definition) is 5. The van der Waals surface area contributed by atoms with Crippen LogP contribution in [-0.4, -0.2) is 31.3 Å². The molecule has 2 N–H and O–H groups in total. The molecule has 1 aromatic heterocycles. The number of hydrazone groups is 1. The number of aromatic nitrogens is 1. The molecule has 34 heavy (non-hydrogen) atoms. The van der Waals surface area contributed by atoms with E-state index in [4.69, 9.17) is 4.98 Å². The van der Waals surface area contributed by atoms with Crippen LogP contribution in [0.4, 0.5) is 5.69 Å². The van der Waals surface area contributed by atoms with Gasteiger partial charge in [-0.25, -0.2) is 18.8 Å². The zero-order valence-electron chi connectivity index (χ0n) is 19.0. The standard InChI is InChI=1S/C26H24N4O3S/c1-17-11-13-19(14-12-17)25-16-23(22-9-4-5-10-24(22)27-25)26(31)29-28-18(2)20-7-6-8-21(15-20)30-34(3,32)33/h4-16,30H,1-3H3,(H,29,31)/b28-18+. The normalized spacial score (nSPS) is 11.9. The number of nitrogens with zero attached hydrogens (tertiary/aromatic N) is 2. The van der Waals surface area contributed by atoms with Crippen LogP contribution < -0.4 is 10.1 Å². The molecule has 1 amide bonds. The molecule has 0 atom stereocenters. The summed E-state index contributed by atoms with van der Waals surface area (Å²) in [6.45, 7) is 3.76. The highest BCUT2D eigenvalue weighted by molar-refractivity contribution is 7.92. The molecule has 172 valence electrons. The van der Waals surface area contributed by atoms with Crippen molar-refractivity contribution in [2.45, 2.75) is 13.8 Å². The fourth-order valence-corrected chi connectivity index (χ4v) is 4.07. The summed E-state index contributed by atoms with van der Waals surface area (Å²) >= 11 is 0. The molecule has 1 heterocycles. The van der Waals surface area contributed by atoms with Crippen molar-refractivity contribution in [3.8, 4) is 11.3 Å². The molecule has 0 saturated carbocycles. The van der Waals surface area contributed by atoms with Crippen LogP contribution in [0.3, 0.4) is 0 Å². The number of aryl methyl sites for hydroxylation is 1. The van der Waals surface area contributed by atoms with Gasteiger partial charge >= 0.3 is 0 Å². The molecule has 0 aliphatic heterocycles. The first-order chi connectivity index (χ1) is 16.2. The first-order valence-corrected chi connectivity index (χ1v) is 12.5. The van der Waals surface area contributed by atoms with E-state index in [0.717, 1.165) is 22.8 Å². The Morgan fingerprint density at radius 2 is 1.68 bits per heavy atom. The third-order valence-corrected chi connectivity index (χ3v) is 5.82. The highest BCUT2D eigenvalue weighted by Gasteiger charge is 2.14. The second-order valence-corrected chi connectivity index (χ2v) is 9.78. The number of anilines is 1. The van der Waals surface area contributed by atoms with Gasteiger partial charge in [0.05, 0.1) is 28.7 Å². The molecule has 0 unspecified atom stereocenters. The number of sulfonamides is 1. The van der Waals surface area contributed by atoms with Gasteiger partial charge in [0.2, 0.25) is 10.0 Å². The Balaban J connectivity index is 1.65. The smallest absolute Gasteiger partial charge is 0.272 e. The number of amides is 1. The van der Waals surface area contributed by atoms with E-state index >= 15 is 0 Å². The lowest BCUT2D eigenvalue weighted by Crippen LogP contribution is -2.20. The SMILES string of the molecule is C/C(=N\NC(=O)c1cc(-c2ccc(C)cc2)nc2ccccc12)c1cccc(NS(C)(=O)=O)c1. The van der Waals surface area contributed by atoms with Gasteiger partial charge in [-0.3, -0.25) is 9.52 Å². The van der Waals surface area contributed by atoms with Crippen LogP contribution in [0.2, 0.25) is 0 Å². The summed E-state index contributed by atoms with van der Waals surface area (Å²) in [7, 11) is -3.40. The maximum atomic E-state index is 13.1. The van der Waals surface area contributed by atoms with E-state index in [1.165, 1.54) is 0 Å². The molecule has 0 saturated heterocycles. The molecule has 3 aromatic carbocycles. The van der Waals surface area contributed by atoms with Gasteiger partial charge in [-0.05, 0) is 43.7 Å². The van der Waals surface area contributed by atoms with Crippen LogP contribution in [0.25, 0.3) is 22.2 Å². The molecule has 4 rings (SSSR count). The fourth-order valence-electron chi connectivity index (χ4n) is 3.52. The van der Waals surface area contributed by atoms with Crippen LogP contribution in [0.1, 0.15) is 28.4 Å². The second-order valence-electron chi connectivity index (χ2n) is 8.03. The number of rotatable bonds is 6. The minimum atomic E-state index is -3.40. The summed E-state index contributed by atoms with van der Waals surface area (Å²) in [5.74, 6) is -0.364. The molecular formula is C26H24N4O3S. The van der Waals surface area contributed by atoms with E-state index < -0.39 is 10.0 Å². The van der Waals surface area contributed by atoms with Crippen molar-refractivity contribution in [3.05, 3.63) is 95.6 Å². The largest absolute Gasteiger partial charge is 0.284 e. The second kappa shape index (κ2) is 9.44. The van der Waals surface area contributed by atoms with Crippen LogP contribution >= 0.6 is 0 Å². The monoisotopic (exact) mass is 472 g/mol. The van der Waals surface area contributed by atoms with E-state index in [1.54, 1.807) is 37.3 Å². The third kappa shape index (κ3) is 5.47. The minimum absolute atomic E-state index is 0.364. The van der Waals surface area contributed by atoms with Crippen molar-refractivity contribution >= 4 is 38.2 Å². The molecule has 0 fully saturated rings. The quantitative estimate of drug-likeness (QED) is 0.313. The number of benzene rings is 3. The maximum absolute atomic E-state index is 13.1. The average Bonchev–Trinajstić information content (AvgIpc) is 2.81. The topological polar surface area (TPSA) is 101 Å². The molecule has 0 bridgehead atoms. The molecule has 0 aliphatic carbocycles. The fraction of sp³-hybridized carbons (Fsp3) is 0.115. The Labute approximate surface area is 198 Å². The number of nitrogens with one attached hydrogen (secondary N) is 2. The lowest BCUT2D eigenvalue weighted by molar-refractivity contribution is 0.0956. The van der Waals surface area contributed by atoms with E-state index in [9.17, 15) is 13.2 Å². The van der Waals surface area contributed by atoms with Gasteiger partial charge < -0.3 is 0 Å². The van der Waals surface area contributed by atoms with Crippen molar-refractivity contribution in [3.63, 3.8) is 0 Å². The number of hydrogen-bond donors (Lipinski definition) is 2. The van der Waals surface area contributed by atoms with Crippen molar-refractivity contribution in [2.24, 2.45) is 5.10 Å². The van der Waals surface area contributed by atoms with Crippen LogP contribution in [0, 0.1) is 6.92 Å². The maximum Gasteiger partial charge on any atom is 0.272 e. The van der Waals surface area contributed by atoms with Gasteiger partial charge in [0.15, 0.2) is 0 Å². The minimum Gasteiger partial charge on any atom is -0.284 e. The molecule has 0 spiro atoms. The van der Waals surface area contributed by atoms with Crippen LogP contribution in [0.5, 0.6) is 0 Å². The summed E-state index contributed by atoms with van der Waals surface area (Å²) in [6, 6.07) is 24.0. The molecule has 0 radical (unpaired) electrons. The Morgan fingerprint density at radius 1 is 0.941 bits per heavy atom. The summed E-state index contributed by atoms with van der Waals surface area (Å²) in [4.78, 5) is 17.9. The molecule has 0 aliphatic rings. The van der Waals surface area contributed by atoms with Gasteiger partial charge in [0, 0.05) is 16.6 Å². The molecule has 4 aromatic rings. The van der Waals surface area contributed by atoms with Gasteiger partial charge in [0.1, 0.15) is 0 Å². The Hall–Kier alpha value is -4.04. The zero-order chi connectivity index (χ0) is 24.3. The van der Waals surface area contributed by atoms with Crippen LogP contribution in [-0.2, 0) is 10.0 Å². The number of pyridine rings is 1. The first-order valence-electron chi connectivity index (χ1n) is 10.6. The van der Waals surface area contributed by atoms with E-state index in [2.05, 4.69) is 15.2 Å². The summed E-state index contributed by atoms with van der Waals surface area (Å²) < 4.78 is 25.4. The summed E-state index contributed by atoms with van der Waals surface area (Å²) in [5.41, 5.74) is 8.19. The highest BCUT2D eigenvalue weighted by atomic mass is 32.2. The average molecular weight is 473 g/mol. The van der Waals surface area contributed by atoms with Crippen LogP contribution in [0.15, 0.2) is 84.0 Å². The van der Waals surface area contributed by atoms with Gasteiger partial charge in [0.25, 0.3) is 5.91 Å². The number of carbonyl (C=O) groups is 1. The molecular weight excluding hydrogens is 448 g/mol. The molecule has 7 nitrogen and oxygen atoms in total. The number of carbonyl (C=O) groups excluding carboxylic acids is 1. The predicted octanol–water partition coefficient (Wildman–Crippen LogP) is 4.74. The van der Waals surface area contributed by atoms with E-state index in [-0.39, 0.29) is 5.91 Å². The third-order valence-electron chi connectivity index (χ3n) is 5.22. The van der Waals surface area contributed by atoms with Crippen molar-refractivity contribution < 1.29 is 13.2 Å². The van der Waals surface area contributed by atoms with Gasteiger partial charge in [-0.1, -0.05) is 60.2 Å². The Bertz CT molecular complexity index is 1510. The lowest BCUT2D eigenvalue weighted by atomic mass is 10.0. The summed E-state index contributed by atoms with van der Waals surface area (Å²) in [5, 5.41) is 4.97.